The van der Waals surface area contributed by atoms with Gasteiger partial charge in [-0.05, 0) is 30.2 Å². The molecule has 0 aliphatic rings. The number of hydrogen-bond acceptors (Lipinski definition) is 2. The maximum Gasteiger partial charge on any atom is 0.118 e. The van der Waals surface area contributed by atoms with Gasteiger partial charge in [0, 0.05) is 24.0 Å². The van der Waals surface area contributed by atoms with E-state index in [0.717, 1.165) is 11.3 Å². The third-order valence-electron chi connectivity index (χ3n) is 1.92. The third kappa shape index (κ3) is 2.38. The number of ether oxygens (including phenoxy) is 1. The lowest BCUT2D eigenvalue weighted by atomic mass is 10.2. The van der Waals surface area contributed by atoms with Gasteiger partial charge in [-0.3, -0.25) is 4.57 Å². The van der Waals surface area contributed by atoms with E-state index in [2.05, 4.69) is 16.9 Å². The first kappa shape index (κ1) is 9.35. The van der Waals surface area contributed by atoms with Gasteiger partial charge in [0.2, 0.25) is 0 Å². The first-order valence-electron chi connectivity index (χ1n) is 4.52. The molecule has 2 rings (SSSR count). The first-order valence-corrected chi connectivity index (χ1v) is 4.52. The van der Waals surface area contributed by atoms with Crippen LogP contribution in [0.2, 0.25) is 0 Å². The fourth-order valence-electron chi connectivity index (χ4n) is 1.13. The molecule has 0 bridgehead atoms. The minimum absolute atomic E-state index is 0.836. The topological polar surface area (TPSA) is 27.1 Å². The van der Waals surface area contributed by atoms with Crippen LogP contribution in [0.5, 0.6) is 5.75 Å². The van der Waals surface area contributed by atoms with Gasteiger partial charge >= 0.3 is 0 Å². The fraction of sp³-hybridized carbons (Fsp3) is 0.0833. The second kappa shape index (κ2) is 4.34. The molecule has 3 heteroatoms. The maximum atomic E-state index is 5.06. The smallest absolute Gasteiger partial charge is 0.118 e. The van der Waals surface area contributed by atoms with E-state index in [9.17, 15) is 0 Å². The van der Waals surface area contributed by atoms with Crippen molar-refractivity contribution in [3.05, 3.63) is 48.5 Å². The molecule has 0 fully saturated rings. The van der Waals surface area contributed by atoms with Crippen molar-refractivity contribution in [2.24, 2.45) is 0 Å². The summed E-state index contributed by atoms with van der Waals surface area (Å²) in [4.78, 5) is 3.90. The average molecular weight is 198 g/mol. The minimum Gasteiger partial charge on any atom is -0.497 e. The van der Waals surface area contributed by atoms with Crippen molar-refractivity contribution < 1.29 is 4.74 Å². The van der Waals surface area contributed by atoms with Gasteiger partial charge in [-0.15, -0.1) is 0 Å². The quantitative estimate of drug-likeness (QED) is 0.653. The number of imidazole rings is 1. The summed E-state index contributed by atoms with van der Waals surface area (Å²) in [6.45, 7) is 0. The predicted molar refractivity (Wildman–Crippen MR) is 57.5 cm³/mol. The van der Waals surface area contributed by atoms with Gasteiger partial charge < -0.3 is 4.74 Å². The number of nitrogens with zero attached hydrogens (tertiary/aromatic N) is 2. The summed E-state index contributed by atoms with van der Waals surface area (Å²) in [5, 5.41) is 0. The van der Waals surface area contributed by atoms with Gasteiger partial charge in [-0.1, -0.05) is 0 Å². The zero-order valence-electron chi connectivity index (χ0n) is 8.34. The van der Waals surface area contributed by atoms with E-state index in [0.29, 0.717) is 0 Å². The Hall–Kier alpha value is -2.21. The molecule has 3 nitrogen and oxygen atoms in total. The number of methoxy groups -OCH3 is 1. The van der Waals surface area contributed by atoms with Gasteiger partial charge in [0.15, 0.2) is 0 Å². The van der Waals surface area contributed by atoms with Crippen molar-refractivity contribution in [3.8, 4) is 17.7 Å². The number of rotatable bonds is 1. The standard InChI is InChI=1S/C12H10N2O/c1-15-12-4-2-11(3-5-12)6-8-14-9-7-13-10-14/h2-5,7,9-10H,1H3. The van der Waals surface area contributed by atoms with Crippen LogP contribution >= 0.6 is 0 Å². The van der Waals surface area contributed by atoms with Crippen LogP contribution in [0, 0.1) is 12.0 Å². The van der Waals surface area contributed by atoms with Gasteiger partial charge in [0.1, 0.15) is 12.1 Å². The van der Waals surface area contributed by atoms with Crippen LogP contribution in [0.3, 0.4) is 0 Å². The molecular formula is C12H10N2O. The highest BCUT2D eigenvalue weighted by Gasteiger charge is 1.89. The van der Waals surface area contributed by atoms with E-state index >= 15 is 0 Å². The largest absolute Gasteiger partial charge is 0.497 e. The summed E-state index contributed by atoms with van der Waals surface area (Å²) < 4.78 is 6.77. The molecule has 1 aromatic carbocycles. The molecule has 1 heterocycles. The number of benzene rings is 1. The van der Waals surface area contributed by atoms with Crippen LogP contribution in [0.4, 0.5) is 0 Å². The second-order valence-electron chi connectivity index (χ2n) is 2.94. The molecule has 1 aromatic heterocycles. The Balaban J connectivity index is 2.17. The molecule has 0 radical (unpaired) electrons. The van der Waals surface area contributed by atoms with E-state index in [4.69, 9.17) is 4.74 Å². The van der Waals surface area contributed by atoms with Crippen molar-refractivity contribution in [3.63, 3.8) is 0 Å². The Morgan fingerprint density at radius 2 is 2.07 bits per heavy atom. The zero-order valence-corrected chi connectivity index (χ0v) is 8.34. The lowest BCUT2D eigenvalue weighted by molar-refractivity contribution is 0.415. The van der Waals surface area contributed by atoms with Crippen LogP contribution in [0.1, 0.15) is 5.56 Å². The van der Waals surface area contributed by atoms with Crippen LogP contribution < -0.4 is 4.74 Å². The van der Waals surface area contributed by atoms with Crippen molar-refractivity contribution in [2.75, 3.05) is 7.11 Å². The molecule has 2 aromatic rings. The van der Waals surface area contributed by atoms with Crippen molar-refractivity contribution in [1.82, 2.24) is 9.55 Å². The van der Waals surface area contributed by atoms with E-state index in [1.54, 1.807) is 30.4 Å². The molecule has 0 spiro atoms. The van der Waals surface area contributed by atoms with Crippen molar-refractivity contribution >= 4 is 0 Å². The van der Waals surface area contributed by atoms with E-state index in [1.807, 2.05) is 24.3 Å². The Bertz CT molecular complexity index is 475. The van der Waals surface area contributed by atoms with E-state index in [1.165, 1.54) is 0 Å². The normalized spacial score (nSPS) is 9.13. The second-order valence-corrected chi connectivity index (χ2v) is 2.94. The molecule has 0 aliphatic carbocycles. The average Bonchev–Trinajstić information content (AvgIpc) is 2.80. The molecule has 74 valence electrons. The summed E-state index contributed by atoms with van der Waals surface area (Å²) in [7, 11) is 1.65. The van der Waals surface area contributed by atoms with Gasteiger partial charge in [-0.25, -0.2) is 4.98 Å². The van der Waals surface area contributed by atoms with Crippen LogP contribution in [-0.4, -0.2) is 16.7 Å². The van der Waals surface area contributed by atoms with E-state index < -0.39 is 0 Å². The number of aromatic nitrogens is 2. The SMILES string of the molecule is COc1ccc(C#Cn2ccnc2)cc1. The Kier molecular flexibility index (Phi) is 2.70. The molecule has 0 saturated carbocycles. The molecule has 0 unspecified atom stereocenters. The summed E-state index contributed by atoms with van der Waals surface area (Å²) >= 11 is 0. The fourth-order valence-corrected chi connectivity index (χ4v) is 1.13. The Morgan fingerprint density at radius 1 is 1.27 bits per heavy atom. The Labute approximate surface area is 88.3 Å². The molecule has 0 amide bonds. The zero-order chi connectivity index (χ0) is 10.5. The highest BCUT2D eigenvalue weighted by Crippen LogP contribution is 2.09. The molecule has 0 aliphatic heterocycles. The van der Waals surface area contributed by atoms with Crippen molar-refractivity contribution in [1.29, 1.82) is 0 Å². The molecule has 0 N–H and O–H groups in total. The van der Waals surface area contributed by atoms with E-state index in [-0.39, 0.29) is 0 Å². The summed E-state index contributed by atoms with van der Waals surface area (Å²) in [6.07, 6.45) is 5.16. The minimum atomic E-state index is 0.836. The lowest BCUT2D eigenvalue weighted by Crippen LogP contribution is -1.84. The predicted octanol–water partition coefficient (Wildman–Crippen LogP) is 1.75. The summed E-state index contributed by atoms with van der Waals surface area (Å²) in [5.74, 6) is 3.85. The number of hydrogen-bond donors (Lipinski definition) is 0. The first-order chi connectivity index (χ1) is 7.38. The highest BCUT2D eigenvalue weighted by atomic mass is 16.5. The highest BCUT2D eigenvalue weighted by molar-refractivity contribution is 5.38. The van der Waals surface area contributed by atoms with Gasteiger partial charge in [0.05, 0.1) is 7.11 Å². The molecule has 0 atom stereocenters. The Morgan fingerprint density at radius 3 is 2.67 bits per heavy atom. The maximum absolute atomic E-state index is 5.06. The molecule has 0 saturated heterocycles. The third-order valence-corrected chi connectivity index (χ3v) is 1.92. The monoisotopic (exact) mass is 198 g/mol. The van der Waals surface area contributed by atoms with Crippen LogP contribution in [-0.2, 0) is 0 Å². The molecular weight excluding hydrogens is 188 g/mol. The summed E-state index contributed by atoms with van der Waals surface area (Å²) in [5.41, 5.74) is 0.949. The summed E-state index contributed by atoms with van der Waals surface area (Å²) in [6, 6.07) is 10.6. The van der Waals surface area contributed by atoms with Gasteiger partial charge in [0.25, 0.3) is 0 Å². The van der Waals surface area contributed by atoms with Gasteiger partial charge in [-0.2, -0.15) is 0 Å². The van der Waals surface area contributed by atoms with Crippen molar-refractivity contribution in [2.45, 2.75) is 0 Å². The molecule has 15 heavy (non-hydrogen) atoms. The van der Waals surface area contributed by atoms with Crippen LogP contribution in [0.15, 0.2) is 43.0 Å². The lowest BCUT2D eigenvalue weighted by Gasteiger charge is -1.97. The van der Waals surface area contributed by atoms with Crippen LogP contribution in [0.25, 0.3) is 0 Å².